The number of rotatable bonds is 5. The third-order valence-corrected chi connectivity index (χ3v) is 4.36. The molecule has 1 aromatic heterocycles. The van der Waals surface area contributed by atoms with Crippen LogP contribution in [-0.4, -0.2) is 51.8 Å². The van der Waals surface area contributed by atoms with Crippen LogP contribution in [0.3, 0.4) is 0 Å². The van der Waals surface area contributed by atoms with Gasteiger partial charge in [-0.1, -0.05) is 12.1 Å². The summed E-state index contributed by atoms with van der Waals surface area (Å²) in [5.41, 5.74) is 2.06. The molecule has 28 heavy (non-hydrogen) atoms. The number of morpholine rings is 1. The van der Waals surface area contributed by atoms with Gasteiger partial charge in [-0.15, -0.1) is 24.0 Å². The molecule has 1 aliphatic heterocycles. The highest BCUT2D eigenvalue weighted by atomic mass is 127. The van der Waals surface area contributed by atoms with Crippen molar-refractivity contribution < 1.29 is 9.66 Å². The van der Waals surface area contributed by atoms with Gasteiger partial charge in [-0.3, -0.25) is 14.8 Å². The van der Waals surface area contributed by atoms with Crippen LogP contribution in [0.5, 0.6) is 0 Å². The number of ether oxygens (including phenoxy) is 1. The van der Waals surface area contributed by atoms with Crippen molar-refractivity contribution in [1.29, 1.82) is 0 Å². The number of aryl methyl sites for hydroxylation is 1. The number of benzene rings is 1. The second-order valence-corrected chi connectivity index (χ2v) is 6.35. The van der Waals surface area contributed by atoms with E-state index in [2.05, 4.69) is 15.3 Å². The molecule has 2 heterocycles. The molecule has 0 bridgehead atoms. The Kier molecular flexibility index (Phi) is 8.18. The van der Waals surface area contributed by atoms with Crippen molar-refractivity contribution in [2.45, 2.75) is 19.6 Å². The van der Waals surface area contributed by atoms with Crippen molar-refractivity contribution >= 4 is 35.6 Å². The molecule has 1 fully saturated rings. The van der Waals surface area contributed by atoms with Gasteiger partial charge in [0.1, 0.15) is 6.10 Å². The predicted octanol–water partition coefficient (Wildman–Crippen LogP) is 2.49. The first-order valence-corrected chi connectivity index (χ1v) is 8.93. The third kappa shape index (κ3) is 5.64. The molecule has 2 aromatic rings. The summed E-state index contributed by atoms with van der Waals surface area (Å²) in [6.07, 6.45) is 3.75. The molecule has 0 saturated carbocycles. The molecule has 1 saturated heterocycles. The number of aromatic nitrogens is 2. The van der Waals surface area contributed by atoms with E-state index in [1.54, 1.807) is 16.8 Å². The number of non-ortho nitro benzene ring substituents is 1. The van der Waals surface area contributed by atoms with Crippen molar-refractivity contribution in [1.82, 2.24) is 20.0 Å². The van der Waals surface area contributed by atoms with E-state index in [0.29, 0.717) is 19.7 Å². The number of hydrogen-bond acceptors (Lipinski definition) is 5. The van der Waals surface area contributed by atoms with Crippen LogP contribution in [-0.2, 0) is 18.3 Å². The average molecular weight is 500 g/mol. The second kappa shape index (κ2) is 10.4. The van der Waals surface area contributed by atoms with Gasteiger partial charge < -0.3 is 15.0 Å². The Bertz CT molecular complexity index is 808. The molecule has 1 N–H and O–H groups in total. The summed E-state index contributed by atoms with van der Waals surface area (Å²) in [5.74, 6) is 0.813. The lowest BCUT2D eigenvalue weighted by Gasteiger charge is -2.34. The minimum Gasteiger partial charge on any atom is -0.370 e. The van der Waals surface area contributed by atoms with E-state index >= 15 is 0 Å². The molecular formula is C18H25IN6O3. The van der Waals surface area contributed by atoms with Gasteiger partial charge in [0.25, 0.3) is 5.69 Å². The Labute approximate surface area is 180 Å². The second-order valence-electron chi connectivity index (χ2n) is 6.35. The summed E-state index contributed by atoms with van der Waals surface area (Å²) in [6, 6.07) is 6.49. The molecule has 3 rings (SSSR count). The molecule has 1 unspecified atom stereocenters. The standard InChI is InChI=1S/C18H24N6O3.HI/c1-3-19-18(20-10-14-4-6-16(7-5-14)24(25)26)23-8-9-27-17(13-23)15-11-21-22(2)12-15;/h4-7,11-12,17H,3,8-10,13H2,1-2H3,(H,19,20);1H. The van der Waals surface area contributed by atoms with Crippen molar-refractivity contribution in [2.75, 3.05) is 26.2 Å². The van der Waals surface area contributed by atoms with Crippen LogP contribution in [0.4, 0.5) is 5.69 Å². The monoisotopic (exact) mass is 500 g/mol. The fourth-order valence-corrected chi connectivity index (χ4v) is 2.96. The van der Waals surface area contributed by atoms with Gasteiger partial charge >= 0.3 is 0 Å². The maximum absolute atomic E-state index is 10.8. The minimum absolute atomic E-state index is 0. The number of halogens is 1. The summed E-state index contributed by atoms with van der Waals surface area (Å²) in [5, 5.41) is 18.3. The number of nitrogens with zero attached hydrogens (tertiary/aromatic N) is 5. The van der Waals surface area contributed by atoms with E-state index in [1.807, 2.05) is 26.4 Å². The first kappa shape index (κ1) is 22.1. The highest BCUT2D eigenvalue weighted by Gasteiger charge is 2.25. The Hall–Kier alpha value is -2.21. The van der Waals surface area contributed by atoms with Gasteiger partial charge in [0.15, 0.2) is 5.96 Å². The fourth-order valence-electron chi connectivity index (χ4n) is 2.96. The molecule has 152 valence electrons. The van der Waals surface area contributed by atoms with E-state index < -0.39 is 4.92 Å². The van der Waals surface area contributed by atoms with Crippen LogP contribution in [0.15, 0.2) is 41.7 Å². The lowest BCUT2D eigenvalue weighted by molar-refractivity contribution is -0.384. The summed E-state index contributed by atoms with van der Waals surface area (Å²) < 4.78 is 7.66. The van der Waals surface area contributed by atoms with E-state index in [-0.39, 0.29) is 35.8 Å². The van der Waals surface area contributed by atoms with Crippen molar-refractivity contribution in [3.05, 3.63) is 57.9 Å². The zero-order chi connectivity index (χ0) is 19.2. The maximum atomic E-state index is 10.8. The van der Waals surface area contributed by atoms with Crippen molar-refractivity contribution in [3.8, 4) is 0 Å². The summed E-state index contributed by atoms with van der Waals surface area (Å²) >= 11 is 0. The SMILES string of the molecule is CCNC(=NCc1ccc([N+](=O)[O-])cc1)N1CCOC(c2cnn(C)c2)C1.I. The number of nitrogens with one attached hydrogen (secondary N) is 1. The van der Waals surface area contributed by atoms with Gasteiger partial charge in [0.05, 0.1) is 30.8 Å². The van der Waals surface area contributed by atoms with E-state index in [9.17, 15) is 10.1 Å². The van der Waals surface area contributed by atoms with Crippen molar-refractivity contribution in [2.24, 2.45) is 12.0 Å². The van der Waals surface area contributed by atoms with Crippen molar-refractivity contribution in [3.63, 3.8) is 0 Å². The molecule has 1 atom stereocenters. The van der Waals surface area contributed by atoms with Crippen LogP contribution < -0.4 is 5.32 Å². The quantitative estimate of drug-likeness (QED) is 0.223. The van der Waals surface area contributed by atoms with Gasteiger partial charge in [-0.05, 0) is 12.5 Å². The van der Waals surface area contributed by atoms with E-state index in [1.165, 1.54) is 12.1 Å². The number of nitro groups is 1. The summed E-state index contributed by atoms with van der Waals surface area (Å²) in [4.78, 5) is 17.2. The van der Waals surface area contributed by atoms with Gasteiger partial charge in [-0.25, -0.2) is 4.99 Å². The minimum atomic E-state index is -0.399. The highest BCUT2D eigenvalue weighted by molar-refractivity contribution is 14.0. The van der Waals surface area contributed by atoms with E-state index in [0.717, 1.165) is 30.2 Å². The Morgan fingerprint density at radius 2 is 2.18 bits per heavy atom. The zero-order valence-electron chi connectivity index (χ0n) is 15.9. The molecule has 10 heteroatoms. The van der Waals surface area contributed by atoms with Crippen LogP contribution in [0.25, 0.3) is 0 Å². The van der Waals surface area contributed by atoms with Crippen LogP contribution in [0.1, 0.15) is 24.2 Å². The third-order valence-electron chi connectivity index (χ3n) is 4.36. The van der Waals surface area contributed by atoms with Gasteiger partial charge in [-0.2, -0.15) is 5.10 Å². The topological polar surface area (TPSA) is 97.8 Å². The summed E-state index contributed by atoms with van der Waals surface area (Å²) in [6.45, 7) is 5.30. The Morgan fingerprint density at radius 3 is 2.79 bits per heavy atom. The molecular weight excluding hydrogens is 475 g/mol. The first-order chi connectivity index (χ1) is 13.1. The predicted molar refractivity (Wildman–Crippen MR) is 117 cm³/mol. The number of aliphatic imine (C=N–C) groups is 1. The zero-order valence-corrected chi connectivity index (χ0v) is 18.3. The van der Waals surface area contributed by atoms with Crippen LogP contribution in [0.2, 0.25) is 0 Å². The Morgan fingerprint density at radius 1 is 1.43 bits per heavy atom. The molecule has 1 aliphatic rings. The molecule has 0 amide bonds. The lowest BCUT2D eigenvalue weighted by Crippen LogP contribution is -2.48. The fraction of sp³-hybridized carbons (Fsp3) is 0.444. The summed E-state index contributed by atoms with van der Waals surface area (Å²) in [7, 11) is 1.89. The number of nitro benzene ring substituents is 1. The smallest absolute Gasteiger partial charge is 0.269 e. The largest absolute Gasteiger partial charge is 0.370 e. The van der Waals surface area contributed by atoms with Gasteiger partial charge in [0, 0.05) is 44.0 Å². The molecule has 0 spiro atoms. The van der Waals surface area contributed by atoms with Gasteiger partial charge in [0.2, 0.25) is 0 Å². The van der Waals surface area contributed by atoms with Crippen LogP contribution >= 0.6 is 24.0 Å². The molecule has 9 nitrogen and oxygen atoms in total. The first-order valence-electron chi connectivity index (χ1n) is 8.93. The van der Waals surface area contributed by atoms with E-state index in [4.69, 9.17) is 9.73 Å². The lowest BCUT2D eigenvalue weighted by atomic mass is 10.1. The molecule has 0 radical (unpaired) electrons. The normalized spacial score (nSPS) is 17.1. The molecule has 0 aliphatic carbocycles. The number of guanidine groups is 1. The maximum Gasteiger partial charge on any atom is 0.269 e. The van der Waals surface area contributed by atoms with Crippen LogP contribution in [0, 0.1) is 10.1 Å². The number of hydrogen-bond donors (Lipinski definition) is 1. The highest BCUT2D eigenvalue weighted by Crippen LogP contribution is 2.22. The average Bonchev–Trinajstić information content (AvgIpc) is 3.12. The molecule has 1 aromatic carbocycles. The Balaban J connectivity index is 0.00000280.